The number of Topliss-reactive ketones (excluding diaryl/α,β-unsaturated/α-hetero) is 2. The Hall–Kier alpha value is -6.24. The zero-order valence-corrected chi connectivity index (χ0v) is 36.7. The van der Waals surface area contributed by atoms with Crippen LogP contribution in [0.15, 0.2) is 79.0 Å². The highest BCUT2D eigenvalue weighted by molar-refractivity contribution is 6.32. The molecule has 0 bridgehead atoms. The molecule has 324 valence electrons. The number of ketones is 2. The topological polar surface area (TPSA) is 196 Å². The zero-order chi connectivity index (χ0) is 45.1. The first-order valence-electron chi connectivity index (χ1n) is 20.3. The highest BCUT2D eigenvalue weighted by Crippen LogP contribution is 2.39. The van der Waals surface area contributed by atoms with Crippen LogP contribution in [0.3, 0.4) is 0 Å². The summed E-state index contributed by atoms with van der Waals surface area (Å²) in [6.07, 6.45) is 2.90. The number of imide groups is 1. The van der Waals surface area contributed by atoms with Crippen LogP contribution >= 0.6 is 11.6 Å². The van der Waals surface area contributed by atoms with Crippen LogP contribution in [0.1, 0.15) is 91.8 Å². The van der Waals surface area contributed by atoms with Gasteiger partial charge in [0, 0.05) is 65.7 Å². The number of hydroxylamine groups is 1. The average molecular weight is 862 g/mol. The Balaban J connectivity index is 0.000000715. The van der Waals surface area contributed by atoms with Crippen molar-refractivity contribution >= 4 is 57.5 Å². The van der Waals surface area contributed by atoms with Gasteiger partial charge in [-0.05, 0) is 78.1 Å². The number of hydrogen-bond acceptors (Lipinski definition) is 13. The van der Waals surface area contributed by atoms with E-state index >= 15 is 0 Å². The fraction of sp³-hybridized carbons (Fsp3) is 0.340. The van der Waals surface area contributed by atoms with Gasteiger partial charge in [-0.15, -0.1) is 5.17 Å². The number of nitriles is 1. The van der Waals surface area contributed by atoms with Crippen molar-refractivity contribution in [3.63, 3.8) is 0 Å². The highest BCUT2D eigenvalue weighted by Gasteiger charge is 2.26. The molecule has 2 amide bonds. The van der Waals surface area contributed by atoms with Crippen LogP contribution in [0.25, 0.3) is 22.0 Å². The third-order valence-corrected chi connectivity index (χ3v) is 10.7. The second kappa shape index (κ2) is 21.0. The van der Waals surface area contributed by atoms with Gasteiger partial charge in [0.05, 0.1) is 29.3 Å². The molecule has 0 saturated carbocycles. The Kier molecular flexibility index (Phi) is 15.9. The molecule has 0 spiro atoms. The smallest absolute Gasteiger partial charge is 0.239 e. The van der Waals surface area contributed by atoms with Crippen LogP contribution in [-0.2, 0) is 19.7 Å². The number of hydrogen-bond donors (Lipinski definition) is 4. The molecule has 0 aliphatic carbocycles. The van der Waals surface area contributed by atoms with Gasteiger partial charge in [0.1, 0.15) is 12.7 Å². The van der Waals surface area contributed by atoms with E-state index in [1.54, 1.807) is 24.4 Å². The predicted octanol–water partition coefficient (Wildman–Crippen LogP) is 8.40. The Bertz CT molecular complexity index is 2480. The van der Waals surface area contributed by atoms with E-state index in [1.165, 1.54) is 14.0 Å². The average Bonchev–Trinajstić information content (AvgIpc) is 3.24. The summed E-state index contributed by atoms with van der Waals surface area (Å²) in [7, 11) is 1.44. The van der Waals surface area contributed by atoms with E-state index in [1.807, 2.05) is 51.1 Å². The molecule has 4 N–H and O–H groups in total. The number of anilines is 2. The molecular formula is C47H52ClN7O7. The predicted molar refractivity (Wildman–Crippen MR) is 238 cm³/mol. The van der Waals surface area contributed by atoms with E-state index in [2.05, 4.69) is 70.2 Å². The van der Waals surface area contributed by atoms with Crippen LogP contribution in [0, 0.1) is 23.2 Å². The number of benzene rings is 4. The number of ether oxygens (including phenoxy) is 2. The van der Waals surface area contributed by atoms with Gasteiger partial charge in [-0.25, -0.2) is 9.97 Å². The molecule has 0 radical (unpaired) electrons. The molecule has 1 aromatic heterocycles. The van der Waals surface area contributed by atoms with Gasteiger partial charge in [-0.2, -0.15) is 5.26 Å². The molecule has 1 aliphatic rings. The molecule has 15 heteroatoms. The minimum Gasteiger partial charge on any atom is -0.488 e. The summed E-state index contributed by atoms with van der Waals surface area (Å²) in [4.78, 5) is 54.5. The van der Waals surface area contributed by atoms with Crippen LogP contribution < -0.4 is 20.8 Å². The summed E-state index contributed by atoms with van der Waals surface area (Å²) in [5, 5.41) is 26.9. The van der Waals surface area contributed by atoms with Gasteiger partial charge in [0.2, 0.25) is 17.8 Å². The number of carbonyl (C=O) groups excluding carboxylic acids is 4. The van der Waals surface area contributed by atoms with Crippen molar-refractivity contribution in [1.82, 2.24) is 20.5 Å². The minimum atomic E-state index is -0.474. The standard InChI is InChI=1S/C41H43ClN6O5.C6H9NO2/c1-25(2)38(50)34-13-12-33(22-35(34)26(3)49)44-15-16-52-17-18-53-39-29(23-43)20-32(21-36(39)42)41(4,5)31-10-7-27(8-11-31)28-9-14-37-30(19-28)24-45-40(46-37)47-48(6)51;1-4-2-3-5(8)7-6(4)9/h7-14,19-22,24-25,44,51H,15-18H2,1-6H3,(H,45,46,47);4H,2-3H2,1H3,(H,7,8,9). The van der Waals surface area contributed by atoms with E-state index in [4.69, 9.17) is 21.1 Å². The maximum Gasteiger partial charge on any atom is 0.239 e. The van der Waals surface area contributed by atoms with Gasteiger partial charge in [0.15, 0.2) is 17.3 Å². The number of amides is 2. The summed E-state index contributed by atoms with van der Waals surface area (Å²) >= 11 is 6.71. The van der Waals surface area contributed by atoms with Crippen molar-refractivity contribution in [1.29, 1.82) is 5.26 Å². The van der Waals surface area contributed by atoms with E-state index < -0.39 is 5.41 Å². The highest BCUT2D eigenvalue weighted by atomic mass is 35.5. The number of nitrogens with one attached hydrogen (secondary N) is 3. The summed E-state index contributed by atoms with van der Waals surface area (Å²) in [5.41, 5.74) is 8.75. The zero-order valence-electron chi connectivity index (χ0n) is 36.0. The van der Waals surface area contributed by atoms with Crippen LogP contribution in [-0.4, -0.2) is 77.1 Å². The maximum atomic E-state index is 12.5. The number of nitrogens with zero attached hydrogens (tertiary/aromatic N) is 4. The first-order valence-corrected chi connectivity index (χ1v) is 20.6. The fourth-order valence-electron chi connectivity index (χ4n) is 6.69. The first-order chi connectivity index (χ1) is 29.5. The molecule has 2 heterocycles. The van der Waals surface area contributed by atoms with Crippen molar-refractivity contribution in [3.05, 3.63) is 112 Å². The Morgan fingerprint density at radius 3 is 2.37 bits per heavy atom. The number of halogens is 1. The molecule has 5 aromatic rings. The van der Waals surface area contributed by atoms with Crippen molar-refractivity contribution < 1.29 is 33.9 Å². The van der Waals surface area contributed by atoms with Gasteiger partial charge in [-0.1, -0.05) is 76.6 Å². The number of aromatic nitrogens is 2. The quantitative estimate of drug-likeness (QED) is 0.0320. The molecule has 62 heavy (non-hydrogen) atoms. The van der Waals surface area contributed by atoms with Crippen LogP contribution in [0.5, 0.6) is 5.75 Å². The molecule has 1 unspecified atom stereocenters. The van der Waals surface area contributed by atoms with Crippen LogP contribution in [0.2, 0.25) is 5.02 Å². The number of rotatable bonds is 16. The van der Waals surface area contributed by atoms with Gasteiger partial charge < -0.3 is 14.8 Å². The summed E-state index contributed by atoms with van der Waals surface area (Å²) < 4.78 is 11.6. The molecular weight excluding hydrogens is 810 g/mol. The van der Waals surface area contributed by atoms with Crippen molar-refractivity contribution in [2.75, 3.05) is 44.2 Å². The maximum absolute atomic E-state index is 12.5. The van der Waals surface area contributed by atoms with E-state index in [0.29, 0.717) is 59.4 Å². The number of fused-ring (bicyclic) bond motifs is 1. The molecule has 6 rings (SSSR count). The number of piperidine rings is 1. The van der Waals surface area contributed by atoms with Gasteiger partial charge >= 0.3 is 0 Å². The molecule has 1 atom stereocenters. The Labute approximate surface area is 366 Å². The minimum absolute atomic E-state index is 0.0164. The lowest BCUT2D eigenvalue weighted by molar-refractivity contribution is -0.135. The van der Waals surface area contributed by atoms with Crippen molar-refractivity contribution in [2.24, 2.45) is 11.8 Å². The van der Waals surface area contributed by atoms with E-state index in [-0.39, 0.29) is 48.4 Å². The summed E-state index contributed by atoms with van der Waals surface area (Å²) in [5.74, 6) is -0.0819. The Morgan fingerprint density at radius 1 is 1.00 bits per heavy atom. The SMILES string of the molecule is CC(=O)c1cc(NCCOCCOc2c(Cl)cc(C(C)(C)c3ccc(-c4ccc5nc(NN(C)O)ncc5c4)cc3)cc2C#N)ccc1C(=O)C(C)C.CC1CCC(=O)NC1=O. The molecule has 1 saturated heterocycles. The lowest BCUT2D eigenvalue weighted by Crippen LogP contribution is -2.39. The van der Waals surface area contributed by atoms with Gasteiger partial charge in [-0.3, -0.25) is 35.1 Å². The lowest BCUT2D eigenvalue weighted by atomic mass is 9.77. The molecule has 1 aliphatic heterocycles. The third-order valence-electron chi connectivity index (χ3n) is 10.4. The number of hydrazine groups is 1. The third kappa shape index (κ3) is 12.0. The number of carbonyl (C=O) groups is 4. The normalized spacial score (nSPS) is 13.9. The fourth-order valence-corrected chi connectivity index (χ4v) is 6.96. The summed E-state index contributed by atoms with van der Waals surface area (Å²) in [6, 6.07) is 25.2. The van der Waals surface area contributed by atoms with Gasteiger partial charge in [0.25, 0.3) is 0 Å². The van der Waals surface area contributed by atoms with E-state index in [0.717, 1.165) is 44.0 Å². The molecule has 4 aromatic carbocycles. The van der Waals surface area contributed by atoms with Crippen molar-refractivity contribution in [3.8, 4) is 22.9 Å². The monoisotopic (exact) mass is 861 g/mol. The second-order valence-corrected chi connectivity index (χ2v) is 16.2. The first kappa shape index (κ1) is 46.8. The van der Waals surface area contributed by atoms with Crippen LogP contribution in [0.4, 0.5) is 11.6 Å². The second-order valence-electron chi connectivity index (χ2n) is 15.8. The van der Waals surface area contributed by atoms with Crippen molar-refractivity contribution in [2.45, 2.75) is 59.8 Å². The molecule has 14 nitrogen and oxygen atoms in total. The Morgan fingerprint density at radius 2 is 1.73 bits per heavy atom. The molecule has 1 fully saturated rings. The largest absolute Gasteiger partial charge is 0.488 e. The lowest BCUT2D eigenvalue weighted by Gasteiger charge is -2.27. The van der Waals surface area contributed by atoms with E-state index in [9.17, 15) is 29.6 Å². The summed E-state index contributed by atoms with van der Waals surface area (Å²) in [6.45, 7) is 12.4.